The minimum atomic E-state index is -1.07. The largest absolute Gasteiger partial charge is 0.341 e. The molecule has 6 heteroatoms. The van der Waals surface area contributed by atoms with Crippen molar-refractivity contribution >= 4 is 17.8 Å². The van der Waals surface area contributed by atoms with Crippen LogP contribution in [0, 0.1) is 0 Å². The van der Waals surface area contributed by atoms with E-state index in [9.17, 15) is 14.4 Å². The molecule has 6 nitrogen and oxygen atoms in total. The number of nitrogens with zero attached hydrogens (tertiary/aromatic N) is 2. The zero-order valence-corrected chi connectivity index (χ0v) is 14.7. The van der Waals surface area contributed by atoms with Gasteiger partial charge < -0.3 is 10.2 Å². The van der Waals surface area contributed by atoms with E-state index in [1.165, 1.54) is 0 Å². The van der Waals surface area contributed by atoms with Crippen molar-refractivity contribution in [1.82, 2.24) is 15.1 Å². The van der Waals surface area contributed by atoms with E-state index in [1.54, 1.807) is 4.90 Å². The molecule has 25 heavy (non-hydrogen) atoms. The molecule has 0 radical (unpaired) electrons. The number of likely N-dealkylation sites (tertiary alicyclic amines) is 1. The Hall–Kier alpha value is -2.37. The summed E-state index contributed by atoms with van der Waals surface area (Å²) < 4.78 is 0. The average molecular weight is 343 g/mol. The van der Waals surface area contributed by atoms with Crippen molar-refractivity contribution in [1.29, 1.82) is 0 Å². The molecule has 2 aliphatic heterocycles. The summed E-state index contributed by atoms with van der Waals surface area (Å²) in [7, 11) is 0. The molecule has 0 unspecified atom stereocenters. The van der Waals surface area contributed by atoms with Gasteiger partial charge in [-0.1, -0.05) is 50.1 Å². The molecule has 1 aromatic rings. The smallest absolute Gasteiger partial charge is 0.325 e. The number of amides is 4. The summed E-state index contributed by atoms with van der Waals surface area (Å²) in [6, 6.07) is 8.74. The minimum Gasteiger partial charge on any atom is -0.341 e. The van der Waals surface area contributed by atoms with E-state index in [1.807, 2.05) is 37.3 Å². The highest BCUT2D eigenvalue weighted by atomic mass is 16.2. The molecule has 1 aromatic carbocycles. The van der Waals surface area contributed by atoms with E-state index >= 15 is 0 Å². The Morgan fingerprint density at radius 3 is 2.32 bits per heavy atom. The molecule has 0 aliphatic carbocycles. The highest BCUT2D eigenvalue weighted by molar-refractivity contribution is 6.09. The first-order valence-corrected chi connectivity index (χ1v) is 9.06. The van der Waals surface area contributed by atoms with Crippen LogP contribution in [0.5, 0.6) is 0 Å². The van der Waals surface area contributed by atoms with Gasteiger partial charge in [-0.25, -0.2) is 4.79 Å². The number of rotatable bonds is 4. The van der Waals surface area contributed by atoms with E-state index in [2.05, 4.69) is 5.32 Å². The quantitative estimate of drug-likeness (QED) is 0.853. The topological polar surface area (TPSA) is 69.7 Å². The first-order valence-electron chi connectivity index (χ1n) is 9.06. The molecule has 1 N–H and O–H groups in total. The highest BCUT2D eigenvalue weighted by Gasteiger charge is 2.51. The third kappa shape index (κ3) is 3.25. The molecule has 0 spiro atoms. The number of urea groups is 1. The van der Waals surface area contributed by atoms with Crippen LogP contribution in [0.25, 0.3) is 0 Å². The Balaban J connectivity index is 1.78. The maximum atomic E-state index is 13.0. The third-order valence-electron chi connectivity index (χ3n) is 5.22. The second-order valence-corrected chi connectivity index (χ2v) is 6.74. The fourth-order valence-corrected chi connectivity index (χ4v) is 3.69. The zero-order valence-electron chi connectivity index (χ0n) is 14.7. The fraction of sp³-hybridized carbons (Fsp3) is 0.526. The molecule has 0 bridgehead atoms. The lowest BCUT2D eigenvalue weighted by atomic mass is 9.87. The van der Waals surface area contributed by atoms with Gasteiger partial charge in [-0.05, 0) is 24.8 Å². The van der Waals surface area contributed by atoms with Crippen LogP contribution >= 0.6 is 0 Å². The maximum absolute atomic E-state index is 13.0. The van der Waals surface area contributed by atoms with Crippen LogP contribution < -0.4 is 5.32 Å². The van der Waals surface area contributed by atoms with Crippen LogP contribution in [0.4, 0.5) is 4.79 Å². The summed E-state index contributed by atoms with van der Waals surface area (Å²) in [6.45, 7) is 3.10. The third-order valence-corrected chi connectivity index (χ3v) is 5.22. The highest BCUT2D eigenvalue weighted by Crippen LogP contribution is 2.32. The summed E-state index contributed by atoms with van der Waals surface area (Å²) in [5.41, 5.74) is -0.321. The zero-order chi connectivity index (χ0) is 17.9. The van der Waals surface area contributed by atoms with Gasteiger partial charge in [-0.3, -0.25) is 14.5 Å². The Morgan fingerprint density at radius 1 is 1.08 bits per heavy atom. The predicted molar refractivity (Wildman–Crippen MR) is 93.7 cm³/mol. The van der Waals surface area contributed by atoms with Crippen LogP contribution in [0.3, 0.4) is 0 Å². The number of hydrogen-bond acceptors (Lipinski definition) is 3. The lowest BCUT2D eigenvalue weighted by molar-refractivity contribution is -0.139. The van der Waals surface area contributed by atoms with Crippen LogP contribution in [-0.4, -0.2) is 47.3 Å². The molecule has 0 aromatic heterocycles. The number of imide groups is 1. The van der Waals surface area contributed by atoms with Gasteiger partial charge in [0.25, 0.3) is 5.91 Å². The lowest BCUT2D eigenvalue weighted by Crippen LogP contribution is -2.45. The van der Waals surface area contributed by atoms with Crippen LogP contribution in [0.1, 0.15) is 44.6 Å². The fourth-order valence-electron chi connectivity index (χ4n) is 3.69. The van der Waals surface area contributed by atoms with Gasteiger partial charge in [0.1, 0.15) is 12.1 Å². The number of benzene rings is 1. The molecular formula is C19H25N3O3. The van der Waals surface area contributed by atoms with Crippen molar-refractivity contribution in [2.45, 2.75) is 44.6 Å². The van der Waals surface area contributed by atoms with Gasteiger partial charge in [0.15, 0.2) is 0 Å². The molecule has 2 saturated heterocycles. The van der Waals surface area contributed by atoms with E-state index in [-0.39, 0.29) is 18.4 Å². The van der Waals surface area contributed by atoms with Gasteiger partial charge in [-0.15, -0.1) is 0 Å². The van der Waals surface area contributed by atoms with E-state index < -0.39 is 11.6 Å². The van der Waals surface area contributed by atoms with E-state index in [0.29, 0.717) is 19.5 Å². The Morgan fingerprint density at radius 2 is 1.72 bits per heavy atom. The summed E-state index contributed by atoms with van der Waals surface area (Å²) in [6.07, 6.45) is 4.65. The number of carbonyl (C=O) groups excluding carboxylic acids is 3. The van der Waals surface area contributed by atoms with Gasteiger partial charge in [0.05, 0.1) is 0 Å². The van der Waals surface area contributed by atoms with Crippen molar-refractivity contribution in [3.8, 4) is 0 Å². The van der Waals surface area contributed by atoms with Crippen molar-refractivity contribution < 1.29 is 14.4 Å². The Bertz CT molecular complexity index is 653. The second kappa shape index (κ2) is 7.25. The van der Waals surface area contributed by atoms with Gasteiger partial charge in [0.2, 0.25) is 5.91 Å². The Labute approximate surface area is 148 Å². The monoisotopic (exact) mass is 343 g/mol. The number of carbonyl (C=O) groups is 3. The van der Waals surface area contributed by atoms with Gasteiger partial charge in [0, 0.05) is 13.1 Å². The lowest BCUT2D eigenvalue weighted by Gasteiger charge is -2.26. The summed E-state index contributed by atoms with van der Waals surface area (Å²) in [5.74, 6) is -0.486. The van der Waals surface area contributed by atoms with Crippen LogP contribution in [0.15, 0.2) is 30.3 Å². The van der Waals surface area contributed by atoms with Gasteiger partial charge >= 0.3 is 6.03 Å². The molecular weight excluding hydrogens is 318 g/mol. The molecule has 3 rings (SSSR count). The standard InChI is InChI=1S/C19H25N3O3/c1-2-19(15-10-6-5-7-11-15)17(24)22(18(25)20-19)14-16(23)21-12-8-3-4-9-13-21/h5-7,10-11H,2-4,8-9,12-14H2,1H3,(H,20,25)/t19-/m0/s1. The van der Waals surface area contributed by atoms with Crippen molar-refractivity contribution in [2.24, 2.45) is 0 Å². The van der Waals surface area contributed by atoms with E-state index in [4.69, 9.17) is 0 Å². The maximum Gasteiger partial charge on any atom is 0.325 e. The van der Waals surface area contributed by atoms with Crippen molar-refractivity contribution in [2.75, 3.05) is 19.6 Å². The first kappa shape index (κ1) is 17.5. The van der Waals surface area contributed by atoms with Crippen LogP contribution in [0.2, 0.25) is 0 Å². The summed E-state index contributed by atoms with van der Waals surface area (Å²) in [5, 5.41) is 2.82. The SMILES string of the molecule is CC[C@@]1(c2ccccc2)NC(=O)N(CC(=O)N2CCCCCC2)C1=O. The molecule has 4 amide bonds. The Kier molecular flexibility index (Phi) is 5.06. The average Bonchev–Trinajstić information content (AvgIpc) is 2.83. The molecule has 2 fully saturated rings. The predicted octanol–water partition coefficient (Wildman–Crippen LogP) is 2.25. The number of hydrogen-bond donors (Lipinski definition) is 1. The normalized spacial score (nSPS) is 24.2. The first-order chi connectivity index (χ1) is 12.1. The number of nitrogens with one attached hydrogen (secondary N) is 1. The second-order valence-electron chi connectivity index (χ2n) is 6.74. The van der Waals surface area contributed by atoms with Crippen molar-refractivity contribution in [3.05, 3.63) is 35.9 Å². The minimum absolute atomic E-state index is 0.148. The summed E-state index contributed by atoms with van der Waals surface area (Å²) in [4.78, 5) is 40.9. The van der Waals surface area contributed by atoms with Crippen LogP contribution in [-0.2, 0) is 15.1 Å². The molecule has 1 atom stereocenters. The van der Waals surface area contributed by atoms with E-state index in [0.717, 1.165) is 36.1 Å². The van der Waals surface area contributed by atoms with Crippen molar-refractivity contribution in [3.63, 3.8) is 0 Å². The molecule has 2 heterocycles. The molecule has 0 saturated carbocycles. The molecule has 2 aliphatic rings. The molecule has 134 valence electrons. The van der Waals surface area contributed by atoms with Gasteiger partial charge in [-0.2, -0.15) is 0 Å². The summed E-state index contributed by atoms with van der Waals surface area (Å²) >= 11 is 0.